The van der Waals surface area contributed by atoms with Crippen LogP contribution in [-0.4, -0.2) is 6.54 Å². The van der Waals surface area contributed by atoms with Crippen LogP contribution in [0.5, 0.6) is 0 Å². The molecule has 0 aromatic rings. The Morgan fingerprint density at radius 2 is 1.58 bits per heavy atom. The third-order valence-corrected chi connectivity index (χ3v) is 2.03. The molecule has 0 aliphatic rings. The first-order chi connectivity index (χ1) is 5.77. The molecule has 0 amide bonds. The summed E-state index contributed by atoms with van der Waals surface area (Å²) in [6.07, 6.45) is 7.41. The van der Waals surface area contributed by atoms with Crippen LogP contribution in [0.15, 0.2) is 5.18 Å². The third kappa shape index (κ3) is 9.60. The van der Waals surface area contributed by atoms with Crippen molar-refractivity contribution in [1.29, 1.82) is 0 Å². The standard InChI is InChI=1S/C10H21NO/c1-10(2)8-6-4-3-5-7-9-11-12/h10H,3-9H2,1-2H3. The molecule has 0 aromatic carbocycles. The fourth-order valence-electron chi connectivity index (χ4n) is 1.26. The summed E-state index contributed by atoms with van der Waals surface area (Å²) < 4.78 is 0. The highest BCUT2D eigenvalue weighted by molar-refractivity contribution is 4.49. The zero-order valence-corrected chi connectivity index (χ0v) is 8.38. The van der Waals surface area contributed by atoms with Gasteiger partial charge in [-0.2, -0.15) is 4.91 Å². The minimum atomic E-state index is 0.504. The summed E-state index contributed by atoms with van der Waals surface area (Å²) in [5.41, 5.74) is 0. The lowest BCUT2D eigenvalue weighted by atomic mass is 10.0. The van der Waals surface area contributed by atoms with Crippen LogP contribution in [0.1, 0.15) is 52.4 Å². The number of unbranched alkanes of at least 4 members (excludes halogenated alkanes) is 4. The molecule has 0 saturated heterocycles. The summed E-state index contributed by atoms with van der Waals surface area (Å²) in [4.78, 5) is 9.73. The van der Waals surface area contributed by atoms with E-state index in [9.17, 15) is 4.91 Å². The van der Waals surface area contributed by atoms with Crippen molar-refractivity contribution in [3.63, 3.8) is 0 Å². The molecule has 0 atom stereocenters. The summed E-state index contributed by atoms with van der Waals surface area (Å²) in [6, 6.07) is 0. The van der Waals surface area contributed by atoms with Gasteiger partial charge in [0.2, 0.25) is 0 Å². The second-order valence-electron chi connectivity index (χ2n) is 3.80. The predicted octanol–water partition coefficient (Wildman–Crippen LogP) is 3.75. The van der Waals surface area contributed by atoms with Gasteiger partial charge in [-0.25, -0.2) is 0 Å². The fourth-order valence-corrected chi connectivity index (χ4v) is 1.26. The zero-order chi connectivity index (χ0) is 9.23. The van der Waals surface area contributed by atoms with Crippen molar-refractivity contribution in [2.45, 2.75) is 52.4 Å². The van der Waals surface area contributed by atoms with Gasteiger partial charge >= 0.3 is 0 Å². The Bertz CT molecular complexity index is 102. The molecule has 0 saturated carbocycles. The quantitative estimate of drug-likeness (QED) is 0.404. The second kappa shape index (κ2) is 8.69. The molecule has 0 rings (SSSR count). The summed E-state index contributed by atoms with van der Waals surface area (Å²) in [5.74, 6) is 0.835. The molecular weight excluding hydrogens is 150 g/mol. The molecule has 0 aliphatic heterocycles. The summed E-state index contributed by atoms with van der Waals surface area (Å²) >= 11 is 0. The largest absolute Gasteiger partial charge is 0.151 e. The molecule has 0 aliphatic carbocycles. The second-order valence-corrected chi connectivity index (χ2v) is 3.80. The normalized spacial score (nSPS) is 10.6. The molecular formula is C10H21NO. The van der Waals surface area contributed by atoms with Gasteiger partial charge < -0.3 is 0 Å². The van der Waals surface area contributed by atoms with E-state index in [0.29, 0.717) is 6.54 Å². The number of nitrogens with zero attached hydrogens (tertiary/aromatic N) is 1. The molecule has 12 heavy (non-hydrogen) atoms. The lowest BCUT2D eigenvalue weighted by molar-refractivity contribution is 0.516. The van der Waals surface area contributed by atoms with Crippen LogP contribution < -0.4 is 0 Å². The monoisotopic (exact) mass is 171 g/mol. The SMILES string of the molecule is CC(C)CCCCCCCN=O. The number of rotatable bonds is 8. The Balaban J connectivity index is 2.86. The van der Waals surface area contributed by atoms with Gasteiger partial charge in [0.05, 0.1) is 6.54 Å². The van der Waals surface area contributed by atoms with Gasteiger partial charge in [0.15, 0.2) is 0 Å². The van der Waals surface area contributed by atoms with E-state index in [1.165, 1.54) is 32.1 Å². The first kappa shape index (κ1) is 11.6. The van der Waals surface area contributed by atoms with Gasteiger partial charge in [0.1, 0.15) is 0 Å². The molecule has 0 fully saturated rings. The summed E-state index contributed by atoms with van der Waals surface area (Å²) in [7, 11) is 0. The molecule has 0 aromatic heterocycles. The van der Waals surface area contributed by atoms with Crippen LogP contribution in [0.25, 0.3) is 0 Å². The molecule has 0 N–H and O–H groups in total. The Kier molecular flexibility index (Phi) is 8.40. The Labute approximate surface area is 75.7 Å². The van der Waals surface area contributed by atoms with Crippen LogP contribution in [0.3, 0.4) is 0 Å². The van der Waals surface area contributed by atoms with Crippen molar-refractivity contribution in [2.75, 3.05) is 6.54 Å². The molecule has 72 valence electrons. The van der Waals surface area contributed by atoms with Crippen molar-refractivity contribution >= 4 is 0 Å². The van der Waals surface area contributed by atoms with Gasteiger partial charge in [-0.15, -0.1) is 0 Å². The lowest BCUT2D eigenvalue weighted by Crippen LogP contribution is -1.87. The van der Waals surface area contributed by atoms with E-state index in [1.807, 2.05) is 0 Å². The average molecular weight is 171 g/mol. The lowest BCUT2D eigenvalue weighted by Gasteiger charge is -2.03. The van der Waals surface area contributed by atoms with E-state index in [-0.39, 0.29) is 0 Å². The van der Waals surface area contributed by atoms with Crippen molar-refractivity contribution < 1.29 is 0 Å². The van der Waals surface area contributed by atoms with Gasteiger partial charge in [0, 0.05) is 0 Å². The highest BCUT2D eigenvalue weighted by atomic mass is 16.3. The molecule has 2 nitrogen and oxygen atoms in total. The Hall–Kier alpha value is -0.400. The first-order valence-corrected chi connectivity index (χ1v) is 5.06. The van der Waals surface area contributed by atoms with Crippen LogP contribution in [-0.2, 0) is 0 Å². The maximum Gasteiger partial charge on any atom is 0.0811 e. The highest BCUT2D eigenvalue weighted by Gasteiger charge is 1.94. The third-order valence-electron chi connectivity index (χ3n) is 2.03. The molecule has 0 bridgehead atoms. The zero-order valence-electron chi connectivity index (χ0n) is 8.38. The van der Waals surface area contributed by atoms with Crippen molar-refractivity contribution in [1.82, 2.24) is 0 Å². The Morgan fingerprint density at radius 1 is 1.00 bits per heavy atom. The topological polar surface area (TPSA) is 29.4 Å². The number of nitroso groups, excluding NO2 is 1. The van der Waals surface area contributed by atoms with E-state index in [4.69, 9.17) is 0 Å². The van der Waals surface area contributed by atoms with Gasteiger partial charge in [0.25, 0.3) is 0 Å². The number of hydrogen-bond acceptors (Lipinski definition) is 2. The summed E-state index contributed by atoms with van der Waals surface area (Å²) in [6.45, 7) is 5.02. The predicted molar refractivity (Wildman–Crippen MR) is 53.2 cm³/mol. The minimum Gasteiger partial charge on any atom is -0.151 e. The molecule has 0 spiro atoms. The molecule has 0 unspecified atom stereocenters. The van der Waals surface area contributed by atoms with Crippen LogP contribution >= 0.6 is 0 Å². The van der Waals surface area contributed by atoms with Crippen molar-refractivity contribution in [2.24, 2.45) is 11.1 Å². The molecule has 0 heterocycles. The van der Waals surface area contributed by atoms with Gasteiger partial charge in [-0.05, 0) is 12.3 Å². The van der Waals surface area contributed by atoms with E-state index in [1.54, 1.807) is 0 Å². The van der Waals surface area contributed by atoms with E-state index in [0.717, 1.165) is 12.3 Å². The first-order valence-electron chi connectivity index (χ1n) is 5.06. The molecule has 2 heteroatoms. The highest BCUT2D eigenvalue weighted by Crippen LogP contribution is 2.10. The summed E-state index contributed by atoms with van der Waals surface area (Å²) in [5, 5.41) is 2.83. The maximum atomic E-state index is 9.73. The smallest absolute Gasteiger partial charge is 0.0811 e. The number of hydrogen-bond donors (Lipinski definition) is 0. The van der Waals surface area contributed by atoms with Crippen LogP contribution in [0.2, 0.25) is 0 Å². The van der Waals surface area contributed by atoms with E-state index in [2.05, 4.69) is 19.0 Å². The molecule has 0 radical (unpaired) electrons. The van der Waals surface area contributed by atoms with Crippen LogP contribution in [0.4, 0.5) is 0 Å². The van der Waals surface area contributed by atoms with E-state index >= 15 is 0 Å². The van der Waals surface area contributed by atoms with Gasteiger partial charge in [-0.3, -0.25) is 0 Å². The van der Waals surface area contributed by atoms with Crippen LogP contribution in [0, 0.1) is 10.8 Å². The van der Waals surface area contributed by atoms with E-state index < -0.39 is 0 Å². The van der Waals surface area contributed by atoms with Gasteiger partial charge in [-0.1, -0.05) is 51.1 Å². The maximum absolute atomic E-state index is 9.73. The van der Waals surface area contributed by atoms with Crippen molar-refractivity contribution in [3.8, 4) is 0 Å². The van der Waals surface area contributed by atoms with Crippen molar-refractivity contribution in [3.05, 3.63) is 4.91 Å². The Morgan fingerprint density at radius 3 is 2.17 bits per heavy atom. The average Bonchev–Trinajstić information content (AvgIpc) is 2.02. The fraction of sp³-hybridized carbons (Fsp3) is 1.00. The minimum absolute atomic E-state index is 0.504.